The van der Waals surface area contributed by atoms with E-state index in [1.54, 1.807) is 12.4 Å². The van der Waals surface area contributed by atoms with Crippen molar-refractivity contribution in [2.75, 3.05) is 23.7 Å². The lowest BCUT2D eigenvalue weighted by Gasteiger charge is -2.35. The average molecular weight is 291 g/mol. The van der Waals surface area contributed by atoms with Gasteiger partial charge < -0.3 is 15.4 Å². The molecule has 2 N–H and O–H groups in total. The third-order valence-corrected chi connectivity index (χ3v) is 3.56. The fourth-order valence-corrected chi connectivity index (χ4v) is 2.76. The Morgan fingerprint density at radius 3 is 2.95 bits per heavy atom. The summed E-state index contributed by atoms with van der Waals surface area (Å²) < 4.78 is 5.41. The first-order chi connectivity index (χ1) is 9.85. The largest absolute Gasteiger partial charge is 0.460 e. The Morgan fingerprint density at radius 2 is 2.29 bits per heavy atom. The van der Waals surface area contributed by atoms with E-state index in [9.17, 15) is 4.79 Å². The number of nitrogens with zero attached hydrogens (tertiary/aromatic N) is 2. The van der Waals surface area contributed by atoms with Gasteiger partial charge in [0.15, 0.2) is 0 Å². The van der Waals surface area contributed by atoms with Gasteiger partial charge in [-0.2, -0.15) is 0 Å². The number of hydrogen-bond acceptors (Lipinski definition) is 5. The van der Waals surface area contributed by atoms with Crippen molar-refractivity contribution < 1.29 is 9.53 Å². The third kappa shape index (κ3) is 4.62. The maximum atomic E-state index is 12.0. The van der Waals surface area contributed by atoms with Crippen molar-refractivity contribution in [1.82, 2.24) is 4.98 Å². The van der Waals surface area contributed by atoms with Crippen LogP contribution in [0.5, 0.6) is 0 Å². The van der Waals surface area contributed by atoms with Crippen LogP contribution < -0.4 is 10.6 Å². The second-order valence-electron chi connectivity index (χ2n) is 6.68. The zero-order valence-corrected chi connectivity index (χ0v) is 13.1. The number of carbonyl (C=O) groups excluding carboxylic acids is 1. The molecule has 2 rings (SSSR count). The van der Waals surface area contributed by atoms with Crippen molar-refractivity contribution in [1.29, 1.82) is 0 Å². The molecule has 1 aromatic heterocycles. The maximum Gasteiger partial charge on any atom is 0.306 e. The number of esters is 1. The van der Waals surface area contributed by atoms with E-state index in [4.69, 9.17) is 10.5 Å². The van der Waals surface area contributed by atoms with Gasteiger partial charge >= 0.3 is 5.97 Å². The lowest BCUT2D eigenvalue weighted by atomic mass is 9.94. The van der Waals surface area contributed by atoms with Gasteiger partial charge in [0.2, 0.25) is 0 Å². The van der Waals surface area contributed by atoms with Gasteiger partial charge in [-0.15, -0.1) is 0 Å². The predicted molar refractivity (Wildman–Crippen MR) is 84.0 cm³/mol. The normalized spacial score (nSPS) is 19.4. The molecular formula is C16H25N3O2. The molecule has 2 heterocycles. The Balaban J connectivity index is 1.95. The lowest BCUT2D eigenvalue weighted by molar-refractivity contribution is -0.156. The quantitative estimate of drug-likeness (QED) is 0.867. The number of pyridine rings is 1. The number of aromatic nitrogens is 1. The number of nitrogen functional groups attached to an aromatic ring is 1. The van der Waals surface area contributed by atoms with Gasteiger partial charge in [0.1, 0.15) is 5.60 Å². The molecule has 5 heteroatoms. The number of piperidine rings is 1. The number of anilines is 2. The summed E-state index contributed by atoms with van der Waals surface area (Å²) in [5.74, 6) is 0.207. The second kappa shape index (κ2) is 6.33. The molecule has 0 radical (unpaired) electrons. The summed E-state index contributed by atoms with van der Waals surface area (Å²) in [6.45, 7) is 7.51. The highest BCUT2D eigenvalue weighted by molar-refractivity contribution is 5.71. The first-order valence-corrected chi connectivity index (χ1v) is 7.51. The number of rotatable bonds is 3. The van der Waals surface area contributed by atoms with Crippen molar-refractivity contribution in [3.63, 3.8) is 0 Å². The summed E-state index contributed by atoms with van der Waals surface area (Å²) in [4.78, 5) is 18.2. The lowest BCUT2D eigenvalue weighted by Crippen LogP contribution is -2.37. The summed E-state index contributed by atoms with van der Waals surface area (Å²) >= 11 is 0. The van der Waals surface area contributed by atoms with Crippen LogP contribution in [0.3, 0.4) is 0 Å². The molecule has 116 valence electrons. The Kier molecular flexibility index (Phi) is 4.70. The minimum atomic E-state index is -0.416. The van der Waals surface area contributed by atoms with Crippen molar-refractivity contribution >= 4 is 17.3 Å². The Bertz CT molecular complexity index is 497. The maximum absolute atomic E-state index is 12.0. The molecule has 1 aliphatic heterocycles. The first kappa shape index (κ1) is 15.6. The van der Waals surface area contributed by atoms with Gasteiger partial charge in [-0.1, -0.05) is 0 Å². The summed E-state index contributed by atoms with van der Waals surface area (Å²) in [5.41, 5.74) is 7.27. The summed E-state index contributed by atoms with van der Waals surface area (Å²) in [6.07, 6.45) is 6.02. The van der Waals surface area contributed by atoms with Crippen LogP contribution in [0.1, 0.15) is 40.0 Å². The monoisotopic (exact) mass is 291 g/mol. The van der Waals surface area contributed by atoms with Gasteiger partial charge in [0.05, 0.1) is 24.0 Å². The van der Waals surface area contributed by atoms with E-state index in [0.29, 0.717) is 18.0 Å². The SMILES string of the molecule is CC(C)(C)OC(=O)C[C@H]1CCCN(c2ccncc2N)C1. The molecule has 0 saturated carbocycles. The van der Waals surface area contributed by atoms with E-state index in [0.717, 1.165) is 31.6 Å². The number of ether oxygens (including phenoxy) is 1. The second-order valence-corrected chi connectivity index (χ2v) is 6.68. The van der Waals surface area contributed by atoms with Gasteiger partial charge in [0, 0.05) is 19.3 Å². The van der Waals surface area contributed by atoms with E-state index in [1.807, 2.05) is 26.8 Å². The number of carbonyl (C=O) groups is 1. The average Bonchev–Trinajstić information content (AvgIpc) is 2.37. The molecule has 21 heavy (non-hydrogen) atoms. The van der Waals surface area contributed by atoms with Crippen molar-refractivity contribution in [2.24, 2.45) is 5.92 Å². The fourth-order valence-electron chi connectivity index (χ4n) is 2.76. The van der Waals surface area contributed by atoms with Crippen LogP contribution in [-0.4, -0.2) is 29.6 Å². The van der Waals surface area contributed by atoms with Gasteiger partial charge in [0.25, 0.3) is 0 Å². The van der Waals surface area contributed by atoms with Crippen LogP contribution >= 0.6 is 0 Å². The van der Waals surface area contributed by atoms with Crippen LogP contribution in [0.25, 0.3) is 0 Å². The van der Waals surface area contributed by atoms with E-state index in [2.05, 4.69) is 9.88 Å². The molecule has 1 aliphatic rings. The van der Waals surface area contributed by atoms with E-state index >= 15 is 0 Å². The number of hydrogen-bond donors (Lipinski definition) is 1. The van der Waals surface area contributed by atoms with Crippen LogP contribution in [-0.2, 0) is 9.53 Å². The molecular weight excluding hydrogens is 266 g/mol. The molecule has 1 atom stereocenters. The summed E-state index contributed by atoms with van der Waals surface area (Å²) in [6, 6.07) is 1.94. The highest BCUT2D eigenvalue weighted by Crippen LogP contribution is 2.28. The Morgan fingerprint density at radius 1 is 1.52 bits per heavy atom. The Labute approximate surface area is 126 Å². The predicted octanol–water partition coefficient (Wildman–Crippen LogP) is 2.61. The molecule has 5 nitrogen and oxygen atoms in total. The summed E-state index contributed by atoms with van der Waals surface area (Å²) in [7, 11) is 0. The zero-order chi connectivity index (χ0) is 15.5. The van der Waals surface area contributed by atoms with Crippen molar-refractivity contribution in [2.45, 2.75) is 45.6 Å². The molecule has 0 bridgehead atoms. The molecule has 0 aliphatic carbocycles. The van der Waals surface area contributed by atoms with Gasteiger partial charge in [-0.05, 0) is 45.6 Å². The Hall–Kier alpha value is -1.78. The molecule has 1 fully saturated rings. The van der Waals surface area contributed by atoms with Crippen molar-refractivity contribution in [3.05, 3.63) is 18.5 Å². The number of nitrogens with two attached hydrogens (primary N) is 1. The van der Waals surface area contributed by atoms with Crippen LogP contribution in [0, 0.1) is 5.92 Å². The standard InChI is InChI=1S/C16H25N3O2/c1-16(2,3)21-15(20)9-12-5-4-8-19(11-12)14-6-7-18-10-13(14)17/h6-7,10,12H,4-5,8-9,11,17H2,1-3H3/t12-/m1/s1. The van der Waals surface area contributed by atoms with E-state index < -0.39 is 5.60 Å². The molecule has 0 unspecified atom stereocenters. The van der Waals surface area contributed by atoms with Gasteiger partial charge in [-0.25, -0.2) is 0 Å². The zero-order valence-electron chi connectivity index (χ0n) is 13.1. The minimum absolute atomic E-state index is 0.114. The fraction of sp³-hybridized carbons (Fsp3) is 0.625. The third-order valence-electron chi connectivity index (χ3n) is 3.56. The smallest absolute Gasteiger partial charge is 0.306 e. The van der Waals surface area contributed by atoms with E-state index in [1.165, 1.54) is 0 Å². The van der Waals surface area contributed by atoms with Crippen LogP contribution in [0.2, 0.25) is 0 Å². The van der Waals surface area contributed by atoms with Crippen LogP contribution in [0.4, 0.5) is 11.4 Å². The highest BCUT2D eigenvalue weighted by Gasteiger charge is 2.25. The summed E-state index contributed by atoms with van der Waals surface area (Å²) in [5, 5.41) is 0. The van der Waals surface area contributed by atoms with E-state index in [-0.39, 0.29) is 5.97 Å². The molecule has 0 amide bonds. The molecule has 0 spiro atoms. The first-order valence-electron chi connectivity index (χ1n) is 7.51. The van der Waals surface area contributed by atoms with Gasteiger partial charge in [-0.3, -0.25) is 9.78 Å². The topological polar surface area (TPSA) is 68.5 Å². The highest BCUT2D eigenvalue weighted by atomic mass is 16.6. The molecule has 1 aromatic rings. The van der Waals surface area contributed by atoms with Crippen LogP contribution in [0.15, 0.2) is 18.5 Å². The molecule has 0 aromatic carbocycles. The minimum Gasteiger partial charge on any atom is -0.460 e. The van der Waals surface area contributed by atoms with Crippen molar-refractivity contribution in [3.8, 4) is 0 Å². The molecule has 1 saturated heterocycles.